The van der Waals surface area contributed by atoms with E-state index < -0.39 is 0 Å². The van der Waals surface area contributed by atoms with Crippen molar-refractivity contribution >= 4 is 21.9 Å². The van der Waals surface area contributed by atoms with E-state index in [4.69, 9.17) is 19.4 Å². The number of hydrogen-bond donors (Lipinski definition) is 0. The summed E-state index contributed by atoms with van der Waals surface area (Å²) in [4.78, 5) is 15.3. The maximum absolute atomic E-state index is 6.64. The van der Waals surface area contributed by atoms with Crippen LogP contribution in [-0.2, 0) is 0 Å². The van der Waals surface area contributed by atoms with Crippen LogP contribution in [0.2, 0.25) is 0 Å². The SMILES string of the molecule is c1ccc(-c2cccc(-c3nc(-c4cccc(-c5ccccc5)c4)nc(-c4cccc5c4oc4cc(-c6ccccc6)ccc45)n3)c2)cc1. The minimum atomic E-state index is 0.558. The van der Waals surface area contributed by atoms with E-state index in [0.717, 1.165) is 72.0 Å². The first-order chi connectivity index (χ1) is 24.3. The van der Waals surface area contributed by atoms with Crippen LogP contribution in [0.5, 0.6) is 0 Å². The normalized spacial score (nSPS) is 11.3. The smallest absolute Gasteiger partial charge is 0.167 e. The molecule has 2 heterocycles. The molecule has 49 heavy (non-hydrogen) atoms. The molecule has 0 saturated heterocycles. The molecule has 9 aromatic rings. The Morgan fingerprint density at radius 1 is 0.306 bits per heavy atom. The molecule has 0 N–H and O–H groups in total. The van der Waals surface area contributed by atoms with Crippen molar-refractivity contribution in [1.29, 1.82) is 0 Å². The van der Waals surface area contributed by atoms with Crippen LogP contribution in [0.4, 0.5) is 0 Å². The van der Waals surface area contributed by atoms with Crippen molar-refractivity contribution in [3.63, 3.8) is 0 Å². The molecule has 4 nitrogen and oxygen atoms in total. The van der Waals surface area contributed by atoms with Crippen LogP contribution in [0, 0.1) is 0 Å². The van der Waals surface area contributed by atoms with E-state index >= 15 is 0 Å². The second-order valence-corrected chi connectivity index (χ2v) is 12.1. The highest BCUT2D eigenvalue weighted by atomic mass is 16.3. The first-order valence-corrected chi connectivity index (χ1v) is 16.4. The molecule has 0 aliphatic rings. The van der Waals surface area contributed by atoms with Crippen LogP contribution in [0.1, 0.15) is 0 Å². The predicted molar refractivity (Wildman–Crippen MR) is 200 cm³/mol. The number of aromatic nitrogens is 3. The van der Waals surface area contributed by atoms with Crippen molar-refractivity contribution in [3.05, 3.63) is 176 Å². The zero-order valence-electron chi connectivity index (χ0n) is 26.5. The summed E-state index contributed by atoms with van der Waals surface area (Å²) in [5.41, 5.74) is 10.9. The van der Waals surface area contributed by atoms with Crippen molar-refractivity contribution < 1.29 is 4.42 Å². The number of para-hydroxylation sites is 1. The summed E-state index contributed by atoms with van der Waals surface area (Å²) in [7, 11) is 0. The average Bonchev–Trinajstić information content (AvgIpc) is 3.57. The van der Waals surface area contributed by atoms with Gasteiger partial charge in [0.15, 0.2) is 17.5 Å². The van der Waals surface area contributed by atoms with Crippen molar-refractivity contribution in [2.75, 3.05) is 0 Å². The number of furan rings is 1. The summed E-state index contributed by atoms with van der Waals surface area (Å²) in [5, 5.41) is 2.07. The fourth-order valence-electron chi connectivity index (χ4n) is 6.48. The maximum atomic E-state index is 6.64. The Morgan fingerprint density at radius 2 is 0.755 bits per heavy atom. The van der Waals surface area contributed by atoms with Gasteiger partial charge >= 0.3 is 0 Å². The second kappa shape index (κ2) is 12.2. The van der Waals surface area contributed by atoms with Gasteiger partial charge in [-0.05, 0) is 63.7 Å². The van der Waals surface area contributed by atoms with Crippen LogP contribution < -0.4 is 0 Å². The summed E-state index contributed by atoms with van der Waals surface area (Å²) in [5.74, 6) is 1.76. The first kappa shape index (κ1) is 28.6. The standard InChI is InChI=1S/C45H29N3O/c1-4-13-30(14-5-1)33-19-10-21-36(27-33)43-46-44(37-22-11-20-34(28-37)31-15-6-2-7-16-31)48-45(47-43)40-24-12-23-39-38-26-25-35(29-41(38)49-42(39)40)32-17-8-3-9-18-32/h1-29H. The molecule has 0 radical (unpaired) electrons. The largest absolute Gasteiger partial charge is 0.455 e. The molecule has 2 aromatic heterocycles. The molecule has 0 fully saturated rings. The molecule has 230 valence electrons. The number of rotatable bonds is 6. The van der Waals surface area contributed by atoms with E-state index in [1.165, 1.54) is 0 Å². The van der Waals surface area contributed by atoms with Crippen molar-refractivity contribution in [2.24, 2.45) is 0 Å². The van der Waals surface area contributed by atoms with E-state index in [-0.39, 0.29) is 0 Å². The number of hydrogen-bond acceptors (Lipinski definition) is 4. The molecule has 0 spiro atoms. The molecule has 0 amide bonds. The zero-order valence-corrected chi connectivity index (χ0v) is 26.5. The summed E-state index contributed by atoms with van der Waals surface area (Å²) in [6, 6.07) is 60.4. The lowest BCUT2D eigenvalue weighted by atomic mass is 10.0. The van der Waals surface area contributed by atoms with Gasteiger partial charge in [0.25, 0.3) is 0 Å². The van der Waals surface area contributed by atoms with Gasteiger partial charge in [-0.3, -0.25) is 0 Å². The Kier molecular flexibility index (Phi) is 7.10. The Bertz CT molecular complexity index is 2490. The Hall–Kier alpha value is -6.65. The van der Waals surface area contributed by atoms with Gasteiger partial charge in [-0.1, -0.05) is 146 Å². The molecule has 0 atom stereocenters. The highest BCUT2D eigenvalue weighted by Crippen LogP contribution is 2.38. The van der Waals surface area contributed by atoms with Crippen molar-refractivity contribution in [1.82, 2.24) is 15.0 Å². The molecule has 7 aromatic carbocycles. The van der Waals surface area contributed by atoms with Gasteiger partial charge in [-0.2, -0.15) is 0 Å². The van der Waals surface area contributed by atoms with Gasteiger partial charge in [0.05, 0.1) is 5.56 Å². The average molecular weight is 628 g/mol. The molecular weight excluding hydrogens is 599 g/mol. The van der Waals surface area contributed by atoms with Gasteiger partial charge in [-0.25, -0.2) is 15.0 Å². The van der Waals surface area contributed by atoms with E-state index in [1.807, 2.05) is 30.3 Å². The summed E-state index contributed by atoms with van der Waals surface area (Å²) in [6.45, 7) is 0. The Morgan fingerprint density at radius 3 is 1.31 bits per heavy atom. The minimum Gasteiger partial charge on any atom is -0.455 e. The summed E-state index contributed by atoms with van der Waals surface area (Å²) in [6.07, 6.45) is 0. The number of fused-ring (bicyclic) bond motifs is 3. The quantitative estimate of drug-likeness (QED) is 0.184. The van der Waals surface area contributed by atoms with E-state index in [1.54, 1.807) is 0 Å². The lowest BCUT2D eigenvalue weighted by Crippen LogP contribution is -2.00. The third kappa shape index (κ3) is 5.45. The molecule has 0 unspecified atom stereocenters. The molecule has 0 saturated carbocycles. The van der Waals surface area contributed by atoms with Crippen molar-refractivity contribution in [2.45, 2.75) is 0 Å². The van der Waals surface area contributed by atoms with Crippen LogP contribution in [-0.4, -0.2) is 15.0 Å². The molecular formula is C45H29N3O. The van der Waals surface area contributed by atoms with Gasteiger partial charge < -0.3 is 4.42 Å². The highest BCUT2D eigenvalue weighted by molar-refractivity contribution is 6.10. The molecule has 9 rings (SSSR count). The first-order valence-electron chi connectivity index (χ1n) is 16.4. The minimum absolute atomic E-state index is 0.558. The summed E-state index contributed by atoms with van der Waals surface area (Å²) < 4.78 is 6.64. The van der Waals surface area contributed by atoms with Gasteiger partial charge in [0.1, 0.15) is 11.2 Å². The number of benzene rings is 7. The summed E-state index contributed by atoms with van der Waals surface area (Å²) >= 11 is 0. The topological polar surface area (TPSA) is 51.8 Å². The van der Waals surface area contributed by atoms with Crippen LogP contribution in [0.15, 0.2) is 180 Å². The van der Waals surface area contributed by atoms with Crippen LogP contribution >= 0.6 is 0 Å². The lowest BCUT2D eigenvalue weighted by Gasteiger charge is -2.11. The maximum Gasteiger partial charge on any atom is 0.167 e. The van der Waals surface area contributed by atoms with Crippen molar-refractivity contribution in [3.8, 4) is 67.5 Å². The van der Waals surface area contributed by atoms with Gasteiger partial charge in [0.2, 0.25) is 0 Å². The fraction of sp³-hybridized carbons (Fsp3) is 0. The van der Waals surface area contributed by atoms with E-state index in [9.17, 15) is 0 Å². The Labute approximate surface area is 284 Å². The third-order valence-corrected chi connectivity index (χ3v) is 8.94. The monoisotopic (exact) mass is 627 g/mol. The lowest BCUT2D eigenvalue weighted by molar-refractivity contribution is 0.669. The molecule has 0 aliphatic heterocycles. The second-order valence-electron chi connectivity index (χ2n) is 12.1. The van der Waals surface area contributed by atoms with Gasteiger partial charge in [-0.15, -0.1) is 0 Å². The third-order valence-electron chi connectivity index (χ3n) is 8.94. The highest BCUT2D eigenvalue weighted by Gasteiger charge is 2.18. The van der Waals surface area contributed by atoms with Crippen LogP contribution in [0.3, 0.4) is 0 Å². The zero-order chi connectivity index (χ0) is 32.6. The number of nitrogens with zero attached hydrogens (tertiary/aromatic N) is 3. The van der Waals surface area contributed by atoms with Crippen LogP contribution in [0.25, 0.3) is 89.5 Å². The Balaban J connectivity index is 1.23. The van der Waals surface area contributed by atoms with E-state index in [2.05, 4.69) is 146 Å². The molecule has 0 aliphatic carbocycles. The predicted octanol–water partition coefficient (Wildman–Crippen LogP) is 11.8. The fourth-order valence-corrected chi connectivity index (χ4v) is 6.48. The van der Waals surface area contributed by atoms with Gasteiger partial charge in [0, 0.05) is 21.9 Å². The van der Waals surface area contributed by atoms with E-state index in [0.29, 0.717) is 17.5 Å². The molecule has 0 bridgehead atoms. The molecule has 4 heteroatoms.